The van der Waals surface area contributed by atoms with Gasteiger partial charge in [-0.05, 0) is 44.7 Å². The monoisotopic (exact) mass is 444 g/mol. The van der Waals surface area contributed by atoms with Crippen molar-refractivity contribution in [3.05, 3.63) is 41.7 Å². The Bertz CT molecular complexity index is 856. The zero-order valence-corrected chi connectivity index (χ0v) is 19.2. The van der Waals surface area contributed by atoms with Crippen LogP contribution in [-0.2, 0) is 9.59 Å². The van der Waals surface area contributed by atoms with Gasteiger partial charge in [0.2, 0.25) is 0 Å². The maximum absolute atomic E-state index is 13.4. The van der Waals surface area contributed by atoms with Gasteiger partial charge in [-0.1, -0.05) is 31.6 Å². The molecule has 9 heteroatoms. The first kappa shape index (κ1) is 25.0. The van der Waals surface area contributed by atoms with Gasteiger partial charge in [0.25, 0.3) is 18.3 Å². The topological polar surface area (TPSA) is 111 Å². The number of amides is 4. The predicted octanol–water partition coefficient (Wildman–Crippen LogP) is 2.64. The highest BCUT2D eigenvalue weighted by atomic mass is 16.3. The van der Waals surface area contributed by atoms with Crippen molar-refractivity contribution in [2.24, 2.45) is 5.92 Å². The zero-order valence-electron chi connectivity index (χ0n) is 19.2. The summed E-state index contributed by atoms with van der Waals surface area (Å²) >= 11 is 0. The van der Waals surface area contributed by atoms with Crippen molar-refractivity contribution in [1.29, 1.82) is 0 Å². The van der Waals surface area contributed by atoms with Crippen LogP contribution < -0.4 is 0 Å². The normalized spacial score (nSPS) is 17.3. The molecule has 32 heavy (non-hydrogen) atoms. The minimum atomic E-state index is -0.849. The summed E-state index contributed by atoms with van der Waals surface area (Å²) in [6.45, 7) is 9.44. The van der Waals surface area contributed by atoms with E-state index in [1.54, 1.807) is 34.2 Å². The van der Waals surface area contributed by atoms with Crippen LogP contribution >= 0.6 is 0 Å². The molecule has 3 rings (SSSR count). The molecule has 4 amide bonds. The van der Waals surface area contributed by atoms with Crippen molar-refractivity contribution in [3.8, 4) is 0 Å². The third-order valence-corrected chi connectivity index (χ3v) is 5.61. The fraction of sp³-hybridized carbons (Fsp3) is 0.522. The lowest BCUT2D eigenvalue weighted by molar-refractivity contribution is -0.135. The molecule has 0 unspecified atom stereocenters. The Morgan fingerprint density at radius 2 is 1.84 bits per heavy atom. The molecule has 0 bridgehead atoms. The highest BCUT2D eigenvalue weighted by molar-refractivity contribution is 6.07. The van der Waals surface area contributed by atoms with Crippen LogP contribution in [0.4, 0.5) is 4.79 Å². The van der Waals surface area contributed by atoms with Gasteiger partial charge >= 0.3 is 6.03 Å². The number of imide groups is 1. The van der Waals surface area contributed by atoms with E-state index in [1.165, 1.54) is 4.90 Å². The first-order valence-corrected chi connectivity index (χ1v) is 10.7. The predicted molar refractivity (Wildman–Crippen MR) is 119 cm³/mol. The molecule has 1 N–H and O–H groups in total. The van der Waals surface area contributed by atoms with Crippen LogP contribution in [0.25, 0.3) is 0 Å². The number of hydrogen-bond donors (Lipinski definition) is 1. The van der Waals surface area contributed by atoms with Crippen molar-refractivity contribution in [2.75, 3.05) is 26.2 Å². The van der Waals surface area contributed by atoms with E-state index in [0.29, 0.717) is 44.7 Å². The first-order valence-electron chi connectivity index (χ1n) is 10.7. The third kappa shape index (κ3) is 5.33. The van der Waals surface area contributed by atoms with E-state index in [0.717, 1.165) is 5.57 Å². The molecule has 0 atom stereocenters. The molecule has 3 heterocycles. The van der Waals surface area contributed by atoms with Crippen LogP contribution in [0.15, 0.2) is 36.0 Å². The summed E-state index contributed by atoms with van der Waals surface area (Å²) in [7, 11) is 0. The second kappa shape index (κ2) is 10.9. The van der Waals surface area contributed by atoms with E-state index in [-0.39, 0.29) is 30.2 Å². The van der Waals surface area contributed by atoms with E-state index >= 15 is 0 Å². The molecule has 1 aromatic heterocycles. The standard InChI is InChI=1S/C22H30N4O3.CH2O2/c1-16(2)8-12-25-20(28)22(26(21(25)29)15-17(3)4)9-13-24(14-10-22)19(27)18-7-5-6-11-23-18;2-1-3/h5-8,11,17H,9-10,12-15H2,1-4H3;1H,(H,2,3). The average molecular weight is 445 g/mol. The lowest BCUT2D eigenvalue weighted by Gasteiger charge is -2.42. The molecular weight excluding hydrogens is 412 g/mol. The quantitative estimate of drug-likeness (QED) is 0.425. The molecule has 0 saturated carbocycles. The van der Waals surface area contributed by atoms with E-state index < -0.39 is 5.54 Å². The maximum Gasteiger partial charge on any atom is 0.327 e. The summed E-state index contributed by atoms with van der Waals surface area (Å²) in [4.78, 5) is 56.5. The van der Waals surface area contributed by atoms with Gasteiger partial charge in [0.1, 0.15) is 11.2 Å². The zero-order chi connectivity index (χ0) is 23.9. The fourth-order valence-electron chi connectivity index (χ4n) is 4.05. The van der Waals surface area contributed by atoms with Crippen molar-refractivity contribution in [1.82, 2.24) is 19.7 Å². The Morgan fingerprint density at radius 3 is 2.34 bits per heavy atom. The summed E-state index contributed by atoms with van der Waals surface area (Å²) in [6, 6.07) is 5.04. The van der Waals surface area contributed by atoms with Gasteiger partial charge in [0.15, 0.2) is 0 Å². The minimum Gasteiger partial charge on any atom is -0.483 e. The smallest absolute Gasteiger partial charge is 0.327 e. The van der Waals surface area contributed by atoms with Gasteiger partial charge in [-0.15, -0.1) is 0 Å². The molecule has 0 aromatic carbocycles. The number of carbonyl (C=O) groups excluding carboxylic acids is 3. The van der Waals surface area contributed by atoms with E-state index in [2.05, 4.69) is 4.98 Å². The molecule has 0 aliphatic carbocycles. The average Bonchev–Trinajstić information content (AvgIpc) is 2.94. The summed E-state index contributed by atoms with van der Waals surface area (Å²) in [5.41, 5.74) is 0.622. The molecule has 1 aromatic rings. The Kier molecular flexibility index (Phi) is 8.51. The highest BCUT2D eigenvalue weighted by Gasteiger charge is 2.57. The fourth-order valence-corrected chi connectivity index (χ4v) is 4.05. The molecule has 2 aliphatic rings. The van der Waals surface area contributed by atoms with Gasteiger partial charge in [0.05, 0.1) is 0 Å². The van der Waals surface area contributed by atoms with Crippen LogP contribution in [0.2, 0.25) is 0 Å². The SMILES string of the molecule is CC(C)=CCN1C(=O)N(CC(C)C)C2(CCN(C(=O)c3ccccn3)CC2)C1=O.O=CO. The van der Waals surface area contributed by atoms with Crippen LogP contribution in [0.3, 0.4) is 0 Å². The van der Waals surface area contributed by atoms with Gasteiger partial charge in [-0.3, -0.25) is 24.3 Å². The van der Waals surface area contributed by atoms with E-state index in [1.807, 2.05) is 33.8 Å². The van der Waals surface area contributed by atoms with Gasteiger partial charge < -0.3 is 14.9 Å². The Hall–Kier alpha value is -3.23. The number of nitrogens with zero attached hydrogens (tertiary/aromatic N) is 4. The molecular formula is C23H32N4O5. The second-order valence-corrected chi connectivity index (χ2v) is 8.63. The van der Waals surface area contributed by atoms with Gasteiger partial charge in [-0.25, -0.2) is 4.79 Å². The van der Waals surface area contributed by atoms with Crippen LogP contribution in [0, 0.1) is 5.92 Å². The van der Waals surface area contributed by atoms with Crippen LogP contribution in [-0.4, -0.2) is 80.8 Å². The number of carboxylic acid groups (broad SMARTS) is 1. The number of aromatic nitrogens is 1. The number of carbonyl (C=O) groups is 4. The molecule has 1 spiro atoms. The lowest BCUT2D eigenvalue weighted by Crippen LogP contribution is -2.58. The molecule has 174 valence electrons. The van der Waals surface area contributed by atoms with Crippen molar-refractivity contribution < 1.29 is 24.3 Å². The summed E-state index contributed by atoms with van der Waals surface area (Å²) in [5.74, 6) is -0.0141. The number of hydrogen-bond acceptors (Lipinski definition) is 5. The summed E-state index contributed by atoms with van der Waals surface area (Å²) in [6.07, 6.45) is 4.41. The Morgan fingerprint density at radius 1 is 1.22 bits per heavy atom. The van der Waals surface area contributed by atoms with Crippen molar-refractivity contribution in [3.63, 3.8) is 0 Å². The largest absolute Gasteiger partial charge is 0.483 e. The van der Waals surface area contributed by atoms with Gasteiger partial charge in [-0.2, -0.15) is 0 Å². The van der Waals surface area contributed by atoms with Crippen LogP contribution in [0.1, 0.15) is 51.0 Å². The number of rotatable bonds is 5. The molecule has 2 saturated heterocycles. The molecule has 2 fully saturated rings. The van der Waals surface area contributed by atoms with Gasteiger partial charge in [0, 0.05) is 32.4 Å². The maximum atomic E-state index is 13.4. The Labute approximate surface area is 188 Å². The second-order valence-electron chi connectivity index (χ2n) is 8.63. The minimum absolute atomic E-state index is 0.131. The first-order chi connectivity index (χ1) is 15.2. The molecule has 9 nitrogen and oxygen atoms in total. The molecule has 2 aliphatic heterocycles. The highest BCUT2D eigenvalue weighted by Crippen LogP contribution is 2.38. The number of likely N-dealkylation sites (tertiary alicyclic amines) is 1. The summed E-state index contributed by atoms with van der Waals surface area (Å²) < 4.78 is 0. The number of piperidine rings is 1. The molecule has 0 radical (unpaired) electrons. The summed E-state index contributed by atoms with van der Waals surface area (Å²) in [5, 5.41) is 6.89. The number of urea groups is 1. The number of pyridine rings is 1. The third-order valence-electron chi connectivity index (χ3n) is 5.61. The lowest BCUT2D eigenvalue weighted by atomic mass is 9.85. The number of allylic oxidation sites excluding steroid dienone is 1. The Balaban J connectivity index is 0.00000114. The van der Waals surface area contributed by atoms with E-state index in [4.69, 9.17) is 9.90 Å². The van der Waals surface area contributed by atoms with E-state index in [9.17, 15) is 14.4 Å². The van der Waals surface area contributed by atoms with Crippen molar-refractivity contribution in [2.45, 2.75) is 46.1 Å². The van der Waals surface area contributed by atoms with Crippen LogP contribution in [0.5, 0.6) is 0 Å². The van der Waals surface area contributed by atoms with Crippen molar-refractivity contribution >= 4 is 24.3 Å².